The average molecular weight is 449 g/mol. The van der Waals surface area contributed by atoms with Crippen LogP contribution in [0.15, 0.2) is 23.1 Å². The number of aromatic nitrogens is 1. The summed E-state index contributed by atoms with van der Waals surface area (Å²) < 4.78 is 25.1. The summed E-state index contributed by atoms with van der Waals surface area (Å²) in [6, 6.07) is 2.83. The van der Waals surface area contributed by atoms with Crippen LogP contribution in [0.25, 0.3) is 0 Å². The van der Waals surface area contributed by atoms with Gasteiger partial charge < -0.3 is 33.8 Å². The van der Waals surface area contributed by atoms with Crippen molar-refractivity contribution in [3.8, 4) is 23.0 Å². The van der Waals surface area contributed by atoms with Crippen molar-refractivity contribution in [2.45, 2.75) is 19.3 Å². The number of H-pyrrole nitrogens is 1. The maximum absolute atomic E-state index is 12.7. The average Bonchev–Trinajstić information content (AvgIpc) is 2.77. The predicted molar refractivity (Wildman–Crippen MR) is 109 cm³/mol. The van der Waals surface area contributed by atoms with Crippen molar-refractivity contribution in [2.24, 2.45) is 0 Å². The number of hydrogen-bond acceptors (Lipinski definition) is 10. The lowest BCUT2D eigenvalue weighted by Gasteiger charge is -2.21. The maximum Gasteiger partial charge on any atom is 0.343 e. The minimum absolute atomic E-state index is 0.00971. The number of benzene rings is 1. The van der Waals surface area contributed by atoms with E-state index in [2.05, 4.69) is 9.72 Å². The smallest absolute Gasteiger partial charge is 0.343 e. The molecule has 2 N–H and O–H groups in total. The fraction of sp³-hybridized carbons (Fsp3) is 0.333. The molecule has 0 spiro atoms. The summed E-state index contributed by atoms with van der Waals surface area (Å²) >= 11 is 0. The van der Waals surface area contributed by atoms with Gasteiger partial charge >= 0.3 is 17.9 Å². The molecule has 11 heteroatoms. The van der Waals surface area contributed by atoms with Crippen LogP contribution in [-0.2, 0) is 19.1 Å². The van der Waals surface area contributed by atoms with E-state index in [4.69, 9.17) is 18.9 Å². The van der Waals surface area contributed by atoms with Gasteiger partial charge in [0.1, 0.15) is 11.3 Å². The second-order valence-corrected chi connectivity index (χ2v) is 6.47. The highest BCUT2D eigenvalue weighted by atomic mass is 16.6. The van der Waals surface area contributed by atoms with Crippen LogP contribution in [0.5, 0.6) is 23.0 Å². The van der Waals surface area contributed by atoms with Crippen LogP contribution in [0.4, 0.5) is 0 Å². The lowest BCUT2D eigenvalue weighted by atomic mass is 9.87. The van der Waals surface area contributed by atoms with Gasteiger partial charge in [-0.2, -0.15) is 0 Å². The quantitative estimate of drug-likeness (QED) is 0.448. The van der Waals surface area contributed by atoms with Gasteiger partial charge in [0.2, 0.25) is 5.75 Å². The molecule has 0 aliphatic carbocycles. The van der Waals surface area contributed by atoms with Crippen molar-refractivity contribution in [1.82, 2.24) is 4.98 Å². The van der Waals surface area contributed by atoms with Crippen LogP contribution in [0.3, 0.4) is 0 Å². The summed E-state index contributed by atoms with van der Waals surface area (Å²) in [7, 11) is 4.92. The molecule has 2 rings (SSSR count). The molecule has 0 saturated heterocycles. The molecule has 0 radical (unpaired) electrons. The van der Waals surface area contributed by atoms with Crippen molar-refractivity contribution in [3.05, 3.63) is 45.4 Å². The third kappa shape index (κ3) is 4.99. The molecule has 1 aromatic carbocycles. The molecule has 0 bridgehead atoms. The molecule has 32 heavy (non-hydrogen) atoms. The van der Waals surface area contributed by atoms with E-state index in [9.17, 15) is 24.3 Å². The van der Waals surface area contributed by atoms with Crippen molar-refractivity contribution in [3.63, 3.8) is 0 Å². The molecule has 11 nitrogen and oxygen atoms in total. The largest absolute Gasteiger partial charge is 0.506 e. The number of aromatic hydroxyl groups is 1. The summed E-state index contributed by atoms with van der Waals surface area (Å²) in [5.74, 6) is -3.82. The Labute approximate surface area is 182 Å². The number of pyridine rings is 1. The number of carbonyl (C=O) groups is 3. The third-order valence-electron chi connectivity index (χ3n) is 4.59. The van der Waals surface area contributed by atoms with Gasteiger partial charge in [0.05, 0.1) is 40.4 Å². The van der Waals surface area contributed by atoms with Crippen LogP contribution in [0.1, 0.15) is 40.7 Å². The standard InChI is InChI=1S/C21H23NO10/c1-10(23)32-19-14(28-2)6-11(7-15(19)29-3)12(8-16(24)30-4)17-18(25)13(21(27)31-5)9-22-20(17)26/h6-7,9,12H,8H2,1-5H3,(H2,22,25,26). The molecule has 0 aliphatic rings. The van der Waals surface area contributed by atoms with Gasteiger partial charge in [-0.3, -0.25) is 14.4 Å². The Kier molecular flexibility index (Phi) is 7.83. The van der Waals surface area contributed by atoms with E-state index in [1.54, 1.807) is 0 Å². The van der Waals surface area contributed by atoms with Crippen molar-refractivity contribution in [2.75, 3.05) is 28.4 Å². The zero-order valence-electron chi connectivity index (χ0n) is 18.1. The van der Waals surface area contributed by atoms with Crippen molar-refractivity contribution < 1.29 is 43.2 Å². The normalized spacial score (nSPS) is 11.3. The highest BCUT2D eigenvalue weighted by Crippen LogP contribution is 2.43. The number of esters is 3. The number of carbonyl (C=O) groups excluding carboxylic acids is 3. The van der Waals surface area contributed by atoms with E-state index in [0.717, 1.165) is 13.3 Å². The molecule has 1 unspecified atom stereocenters. The molecular weight excluding hydrogens is 426 g/mol. The number of aromatic amines is 1. The molecule has 0 saturated carbocycles. The SMILES string of the molecule is COC(=O)CC(c1cc(OC)c(OC(C)=O)c(OC)c1)c1c(O)c(C(=O)OC)c[nH]c1=O. The predicted octanol–water partition coefficient (Wildman–Crippen LogP) is 1.50. The van der Waals surface area contributed by atoms with E-state index >= 15 is 0 Å². The minimum Gasteiger partial charge on any atom is -0.506 e. The molecule has 0 fully saturated rings. The summed E-state index contributed by atoms with van der Waals surface area (Å²) in [6.45, 7) is 1.20. The molecule has 2 aromatic rings. The zero-order valence-corrected chi connectivity index (χ0v) is 18.1. The van der Waals surface area contributed by atoms with Gasteiger partial charge in [-0.15, -0.1) is 0 Å². The topological polar surface area (TPSA) is 150 Å². The summed E-state index contributed by atoms with van der Waals surface area (Å²) in [5.41, 5.74) is -1.04. The first-order valence-corrected chi connectivity index (χ1v) is 9.22. The van der Waals surface area contributed by atoms with Gasteiger partial charge in [-0.05, 0) is 17.7 Å². The van der Waals surface area contributed by atoms with E-state index in [0.29, 0.717) is 0 Å². The van der Waals surface area contributed by atoms with Gasteiger partial charge in [0.15, 0.2) is 11.5 Å². The van der Waals surface area contributed by atoms with Crippen LogP contribution in [0, 0.1) is 0 Å². The number of rotatable bonds is 8. The lowest BCUT2D eigenvalue weighted by Crippen LogP contribution is -2.22. The number of nitrogens with one attached hydrogen (secondary N) is 1. The third-order valence-corrected chi connectivity index (χ3v) is 4.59. The van der Waals surface area contributed by atoms with Gasteiger partial charge in [-0.25, -0.2) is 4.79 Å². The Hall–Kier alpha value is -4.02. The van der Waals surface area contributed by atoms with E-state index in [1.807, 2.05) is 0 Å². The zero-order chi connectivity index (χ0) is 24.0. The summed E-state index contributed by atoms with van der Waals surface area (Å²) in [6.07, 6.45) is 0.629. The maximum atomic E-state index is 12.7. The lowest BCUT2D eigenvalue weighted by molar-refractivity contribution is -0.140. The minimum atomic E-state index is -1.09. The first-order valence-electron chi connectivity index (χ1n) is 9.22. The highest BCUT2D eigenvalue weighted by molar-refractivity contribution is 5.92. The summed E-state index contributed by atoms with van der Waals surface area (Å²) in [5, 5.41) is 10.7. The molecule has 1 atom stereocenters. The monoisotopic (exact) mass is 449 g/mol. The van der Waals surface area contributed by atoms with Crippen molar-refractivity contribution in [1.29, 1.82) is 0 Å². The summed E-state index contributed by atoms with van der Waals surface area (Å²) in [4.78, 5) is 50.6. The first-order chi connectivity index (χ1) is 15.2. The number of methoxy groups -OCH3 is 4. The Balaban J connectivity index is 2.81. The van der Waals surface area contributed by atoms with Gasteiger partial charge in [-0.1, -0.05) is 0 Å². The van der Waals surface area contributed by atoms with Gasteiger partial charge in [0.25, 0.3) is 5.56 Å². The van der Waals surface area contributed by atoms with E-state index in [1.165, 1.54) is 40.4 Å². The van der Waals surface area contributed by atoms with Crippen LogP contribution >= 0.6 is 0 Å². The number of ether oxygens (including phenoxy) is 5. The van der Waals surface area contributed by atoms with Crippen LogP contribution < -0.4 is 19.8 Å². The molecule has 172 valence electrons. The Morgan fingerprint density at radius 1 is 1.03 bits per heavy atom. The van der Waals surface area contributed by atoms with E-state index < -0.39 is 35.1 Å². The number of hydrogen-bond donors (Lipinski definition) is 2. The molecule has 1 heterocycles. The molecule has 0 amide bonds. The fourth-order valence-electron chi connectivity index (χ4n) is 3.11. The molecule has 1 aromatic heterocycles. The van der Waals surface area contributed by atoms with Crippen LogP contribution in [0.2, 0.25) is 0 Å². The Bertz CT molecular complexity index is 1060. The second kappa shape index (κ2) is 10.3. The second-order valence-electron chi connectivity index (χ2n) is 6.47. The first kappa shape index (κ1) is 24.3. The fourth-order valence-corrected chi connectivity index (χ4v) is 3.11. The molecule has 0 aliphatic heterocycles. The van der Waals surface area contributed by atoms with Gasteiger partial charge in [0, 0.05) is 19.0 Å². The highest BCUT2D eigenvalue weighted by Gasteiger charge is 2.30. The van der Waals surface area contributed by atoms with Crippen LogP contribution in [-0.4, -0.2) is 56.4 Å². The Morgan fingerprint density at radius 3 is 2.09 bits per heavy atom. The van der Waals surface area contributed by atoms with Crippen molar-refractivity contribution >= 4 is 17.9 Å². The molecular formula is C21H23NO10. The Morgan fingerprint density at radius 2 is 1.62 bits per heavy atom. The van der Waals surface area contributed by atoms with E-state index in [-0.39, 0.29) is 40.4 Å².